The number of carbonyl (C=O) groups is 1. The van der Waals surface area contributed by atoms with Crippen LogP contribution in [0.4, 0.5) is 4.79 Å². The van der Waals surface area contributed by atoms with E-state index >= 15 is 0 Å². The SMILES string of the molecule is CN1C(=O)N[C@@H]2CNCC[C@@H]21. The van der Waals surface area contributed by atoms with E-state index in [0.29, 0.717) is 12.1 Å². The van der Waals surface area contributed by atoms with Gasteiger partial charge in [-0.25, -0.2) is 4.79 Å². The van der Waals surface area contributed by atoms with Crippen LogP contribution in [-0.2, 0) is 0 Å². The number of hydrogen-bond acceptors (Lipinski definition) is 2. The maximum absolute atomic E-state index is 11.1. The fourth-order valence-electron chi connectivity index (χ4n) is 1.87. The molecule has 2 fully saturated rings. The largest absolute Gasteiger partial charge is 0.332 e. The van der Waals surface area contributed by atoms with Gasteiger partial charge in [-0.3, -0.25) is 0 Å². The second-order valence-electron chi connectivity index (χ2n) is 3.23. The van der Waals surface area contributed by atoms with Crippen molar-refractivity contribution in [3.8, 4) is 0 Å². The highest BCUT2D eigenvalue weighted by atomic mass is 16.2. The van der Waals surface area contributed by atoms with Gasteiger partial charge in [0.25, 0.3) is 0 Å². The highest BCUT2D eigenvalue weighted by molar-refractivity contribution is 5.77. The topological polar surface area (TPSA) is 44.4 Å². The number of rotatable bonds is 0. The van der Waals surface area contributed by atoms with Gasteiger partial charge in [0.1, 0.15) is 0 Å². The molecule has 11 heavy (non-hydrogen) atoms. The van der Waals surface area contributed by atoms with Gasteiger partial charge < -0.3 is 15.5 Å². The van der Waals surface area contributed by atoms with Crippen LogP contribution in [0.25, 0.3) is 0 Å². The van der Waals surface area contributed by atoms with E-state index in [9.17, 15) is 4.79 Å². The fraction of sp³-hybridized carbons (Fsp3) is 0.857. The van der Waals surface area contributed by atoms with Crippen LogP contribution in [0.1, 0.15) is 6.42 Å². The first kappa shape index (κ1) is 6.91. The van der Waals surface area contributed by atoms with Crippen LogP contribution in [-0.4, -0.2) is 43.2 Å². The highest BCUT2D eigenvalue weighted by Crippen LogP contribution is 2.16. The Morgan fingerprint density at radius 2 is 2.45 bits per heavy atom. The fourth-order valence-corrected chi connectivity index (χ4v) is 1.87. The van der Waals surface area contributed by atoms with Crippen molar-refractivity contribution in [3.05, 3.63) is 0 Å². The Balaban J connectivity index is 2.11. The number of nitrogens with one attached hydrogen (secondary N) is 2. The first-order valence-electron chi connectivity index (χ1n) is 4.03. The molecule has 0 aromatic heterocycles. The molecule has 0 aromatic carbocycles. The second kappa shape index (κ2) is 2.37. The van der Waals surface area contributed by atoms with Gasteiger partial charge in [-0.05, 0) is 13.0 Å². The number of piperidine rings is 1. The summed E-state index contributed by atoms with van der Waals surface area (Å²) < 4.78 is 0. The molecular weight excluding hydrogens is 142 g/mol. The molecule has 2 N–H and O–H groups in total. The molecular formula is C7H13N3O. The Bertz CT molecular complexity index is 183. The Hall–Kier alpha value is -0.770. The summed E-state index contributed by atoms with van der Waals surface area (Å²) in [5.74, 6) is 0. The quantitative estimate of drug-likeness (QED) is 0.489. The van der Waals surface area contributed by atoms with Crippen LogP contribution >= 0.6 is 0 Å². The van der Waals surface area contributed by atoms with Crippen molar-refractivity contribution in [2.75, 3.05) is 20.1 Å². The van der Waals surface area contributed by atoms with Crippen molar-refractivity contribution in [1.29, 1.82) is 0 Å². The van der Waals surface area contributed by atoms with Crippen LogP contribution in [0.2, 0.25) is 0 Å². The van der Waals surface area contributed by atoms with E-state index in [2.05, 4.69) is 10.6 Å². The van der Waals surface area contributed by atoms with E-state index in [1.807, 2.05) is 11.9 Å². The predicted molar refractivity (Wildman–Crippen MR) is 41.4 cm³/mol. The molecule has 0 aromatic rings. The number of urea groups is 1. The number of carbonyl (C=O) groups excluding carboxylic acids is 1. The van der Waals surface area contributed by atoms with E-state index in [1.54, 1.807) is 0 Å². The minimum atomic E-state index is 0.0729. The summed E-state index contributed by atoms with van der Waals surface area (Å²) in [7, 11) is 1.87. The lowest BCUT2D eigenvalue weighted by molar-refractivity contribution is 0.210. The molecule has 0 bridgehead atoms. The molecule has 2 heterocycles. The van der Waals surface area contributed by atoms with Crippen molar-refractivity contribution < 1.29 is 4.79 Å². The Morgan fingerprint density at radius 1 is 1.64 bits per heavy atom. The van der Waals surface area contributed by atoms with E-state index in [1.165, 1.54) is 0 Å². The highest BCUT2D eigenvalue weighted by Gasteiger charge is 2.37. The third kappa shape index (κ3) is 0.976. The van der Waals surface area contributed by atoms with Gasteiger partial charge in [0.2, 0.25) is 0 Å². The summed E-state index contributed by atoms with van der Waals surface area (Å²) in [4.78, 5) is 12.9. The lowest BCUT2D eigenvalue weighted by atomic mass is 10.0. The summed E-state index contributed by atoms with van der Waals surface area (Å²) in [5.41, 5.74) is 0. The molecule has 4 nitrogen and oxygen atoms in total. The molecule has 0 saturated carbocycles. The average molecular weight is 155 g/mol. The van der Waals surface area contributed by atoms with Gasteiger partial charge in [0, 0.05) is 13.6 Å². The first-order valence-corrected chi connectivity index (χ1v) is 4.03. The first-order chi connectivity index (χ1) is 5.29. The molecule has 0 spiro atoms. The average Bonchev–Trinajstić information content (AvgIpc) is 2.30. The maximum atomic E-state index is 11.1. The lowest BCUT2D eigenvalue weighted by Crippen LogP contribution is -2.48. The zero-order chi connectivity index (χ0) is 7.84. The van der Waals surface area contributed by atoms with Gasteiger partial charge in [0.15, 0.2) is 0 Å². The Morgan fingerprint density at radius 3 is 3.18 bits per heavy atom. The van der Waals surface area contributed by atoms with Crippen LogP contribution in [0, 0.1) is 0 Å². The zero-order valence-corrected chi connectivity index (χ0v) is 6.63. The summed E-state index contributed by atoms with van der Waals surface area (Å²) in [6.07, 6.45) is 1.07. The smallest absolute Gasteiger partial charge is 0.317 e. The molecule has 0 aliphatic carbocycles. The molecule has 2 amide bonds. The number of amides is 2. The molecule has 2 atom stereocenters. The number of nitrogens with zero attached hydrogens (tertiary/aromatic N) is 1. The summed E-state index contributed by atoms with van der Waals surface area (Å²) >= 11 is 0. The van der Waals surface area contributed by atoms with Crippen LogP contribution in [0.5, 0.6) is 0 Å². The van der Waals surface area contributed by atoms with Crippen LogP contribution < -0.4 is 10.6 Å². The van der Waals surface area contributed by atoms with Crippen molar-refractivity contribution in [1.82, 2.24) is 15.5 Å². The standard InChI is InChI=1S/C7H13N3O/c1-10-6-2-3-8-4-5(6)9-7(10)11/h5-6,8H,2-4H2,1H3,(H,9,11)/t5-,6+/m1/s1. The zero-order valence-electron chi connectivity index (χ0n) is 6.63. The van der Waals surface area contributed by atoms with Crippen molar-refractivity contribution in [2.24, 2.45) is 0 Å². The molecule has 2 aliphatic rings. The summed E-state index contributed by atoms with van der Waals surface area (Å²) in [6, 6.07) is 0.827. The van der Waals surface area contributed by atoms with Crippen molar-refractivity contribution in [2.45, 2.75) is 18.5 Å². The third-order valence-electron chi connectivity index (χ3n) is 2.57. The van der Waals surface area contributed by atoms with Crippen molar-refractivity contribution in [3.63, 3.8) is 0 Å². The Labute approximate surface area is 65.9 Å². The van der Waals surface area contributed by atoms with E-state index in [4.69, 9.17) is 0 Å². The van der Waals surface area contributed by atoms with Crippen LogP contribution in [0.15, 0.2) is 0 Å². The van der Waals surface area contributed by atoms with Gasteiger partial charge in [-0.1, -0.05) is 0 Å². The van der Waals surface area contributed by atoms with Gasteiger partial charge in [0.05, 0.1) is 12.1 Å². The van der Waals surface area contributed by atoms with Crippen molar-refractivity contribution >= 4 is 6.03 Å². The third-order valence-corrected chi connectivity index (χ3v) is 2.57. The molecule has 0 radical (unpaired) electrons. The summed E-state index contributed by atoms with van der Waals surface area (Å²) in [5, 5.41) is 6.19. The number of hydrogen-bond donors (Lipinski definition) is 2. The molecule has 4 heteroatoms. The lowest BCUT2D eigenvalue weighted by Gasteiger charge is -2.27. The van der Waals surface area contributed by atoms with Gasteiger partial charge >= 0.3 is 6.03 Å². The van der Waals surface area contributed by atoms with Crippen LogP contribution in [0.3, 0.4) is 0 Å². The second-order valence-corrected chi connectivity index (χ2v) is 3.23. The predicted octanol–water partition coefficient (Wildman–Crippen LogP) is -0.628. The molecule has 2 saturated heterocycles. The minimum absolute atomic E-state index is 0.0729. The number of fused-ring (bicyclic) bond motifs is 1. The molecule has 2 rings (SSSR count). The Kier molecular flexibility index (Phi) is 1.49. The molecule has 62 valence electrons. The van der Waals surface area contributed by atoms with Gasteiger partial charge in [-0.2, -0.15) is 0 Å². The van der Waals surface area contributed by atoms with E-state index in [-0.39, 0.29) is 6.03 Å². The molecule has 0 unspecified atom stereocenters. The minimum Gasteiger partial charge on any atom is -0.332 e. The van der Waals surface area contributed by atoms with Gasteiger partial charge in [-0.15, -0.1) is 0 Å². The van der Waals surface area contributed by atoms with E-state index < -0.39 is 0 Å². The normalized spacial score (nSPS) is 36.8. The number of likely N-dealkylation sites (N-methyl/N-ethyl adjacent to an activating group) is 1. The summed E-state index contributed by atoms with van der Waals surface area (Å²) in [6.45, 7) is 1.95. The molecule has 2 aliphatic heterocycles. The maximum Gasteiger partial charge on any atom is 0.317 e. The van der Waals surface area contributed by atoms with E-state index in [0.717, 1.165) is 19.5 Å². The monoisotopic (exact) mass is 155 g/mol.